The molecule has 0 heterocycles. The molecule has 0 fully saturated rings. The topological polar surface area (TPSA) is 75.8 Å². The Balaban J connectivity index is 2.04. The van der Waals surface area contributed by atoms with E-state index in [0.717, 1.165) is 24.1 Å². The first kappa shape index (κ1) is 12.0. The summed E-state index contributed by atoms with van der Waals surface area (Å²) in [7, 11) is 0. The summed E-state index contributed by atoms with van der Waals surface area (Å²) in [4.78, 5) is 0. The van der Waals surface area contributed by atoms with Crippen LogP contribution in [0.2, 0.25) is 0 Å². The van der Waals surface area contributed by atoms with Gasteiger partial charge in [-0.2, -0.15) is 5.26 Å². The number of nitrogens with zero attached hydrogens (tertiary/aromatic N) is 1. The van der Waals surface area contributed by atoms with Crippen LogP contribution in [0, 0.1) is 11.3 Å². The highest BCUT2D eigenvalue weighted by Gasteiger charge is 2.01. The third-order valence-corrected chi connectivity index (χ3v) is 2.94. The van der Waals surface area contributed by atoms with E-state index in [1.54, 1.807) is 6.07 Å². The van der Waals surface area contributed by atoms with Gasteiger partial charge in [-0.15, -0.1) is 0 Å². The summed E-state index contributed by atoms with van der Waals surface area (Å²) in [5.74, 6) is 0. The largest absolute Gasteiger partial charge is 0.399 e. The predicted octanol–water partition coefficient (Wildman–Crippen LogP) is 2.51. The SMILES string of the molecule is N#Cc1ccc(CCc2ccc(N)cc2N)cc1. The highest BCUT2D eigenvalue weighted by Crippen LogP contribution is 2.18. The number of rotatable bonds is 3. The highest BCUT2D eigenvalue weighted by molar-refractivity contribution is 5.56. The normalized spacial score (nSPS) is 9.94. The van der Waals surface area contributed by atoms with Crippen molar-refractivity contribution >= 4 is 11.4 Å². The van der Waals surface area contributed by atoms with Crippen LogP contribution in [0.1, 0.15) is 16.7 Å². The summed E-state index contributed by atoms with van der Waals surface area (Å²) in [5, 5.41) is 8.72. The second-order valence-electron chi connectivity index (χ2n) is 4.27. The van der Waals surface area contributed by atoms with Crippen LogP contribution in [0.15, 0.2) is 42.5 Å². The smallest absolute Gasteiger partial charge is 0.0991 e. The van der Waals surface area contributed by atoms with Crippen LogP contribution >= 0.6 is 0 Å². The van der Waals surface area contributed by atoms with Crippen molar-refractivity contribution in [2.45, 2.75) is 12.8 Å². The minimum Gasteiger partial charge on any atom is -0.399 e. The highest BCUT2D eigenvalue weighted by atomic mass is 14.6. The van der Waals surface area contributed by atoms with Crippen LogP contribution in [-0.2, 0) is 12.8 Å². The lowest BCUT2D eigenvalue weighted by atomic mass is 10.0. The molecule has 3 heteroatoms. The maximum Gasteiger partial charge on any atom is 0.0991 e. The second-order valence-corrected chi connectivity index (χ2v) is 4.27. The fourth-order valence-electron chi connectivity index (χ4n) is 1.87. The summed E-state index contributed by atoms with van der Waals surface area (Å²) in [6.45, 7) is 0. The molecule has 2 rings (SSSR count). The van der Waals surface area contributed by atoms with Crippen LogP contribution in [0.5, 0.6) is 0 Å². The Hall–Kier alpha value is -2.47. The number of anilines is 2. The molecule has 2 aromatic carbocycles. The zero-order valence-corrected chi connectivity index (χ0v) is 10.1. The maximum atomic E-state index is 8.72. The Kier molecular flexibility index (Phi) is 3.49. The van der Waals surface area contributed by atoms with Gasteiger partial charge in [-0.1, -0.05) is 18.2 Å². The van der Waals surface area contributed by atoms with Crippen LogP contribution in [-0.4, -0.2) is 0 Å². The zero-order valence-electron chi connectivity index (χ0n) is 10.1. The van der Waals surface area contributed by atoms with Gasteiger partial charge in [0.2, 0.25) is 0 Å². The molecule has 0 aliphatic heterocycles. The molecule has 0 saturated heterocycles. The molecule has 4 N–H and O–H groups in total. The molecular formula is C15H15N3. The van der Waals surface area contributed by atoms with Gasteiger partial charge in [-0.25, -0.2) is 0 Å². The Bertz CT molecular complexity index is 580. The Labute approximate surface area is 107 Å². The molecule has 0 unspecified atom stereocenters. The summed E-state index contributed by atoms with van der Waals surface area (Å²) in [6.07, 6.45) is 1.78. The molecule has 3 nitrogen and oxygen atoms in total. The Morgan fingerprint density at radius 2 is 1.67 bits per heavy atom. The predicted molar refractivity (Wildman–Crippen MR) is 73.8 cm³/mol. The van der Waals surface area contributed by atoms with Gasteiger partial charge < -0.3 is 11.5 Å². The van der Waals surface area contributed by atoms with Gasteiger partial charge in [-0.05, 0) is 48.2 Å². The number of hydrogen-bond acceptors (Lipinski definition) is 3. The van der Waals surface area contributed by atoms with Crippen molar-refractivity contribution in [3.05, 3.63) is 59.2 Å². The van der Waals surface area contributed by atoms with E-state index in [1.165, 1.54) is 5.56 Å². The molecule has 0 bridgehead atoms. The molecule has 18 heavy (non-hydrogen) atoms. The minimum absolute atomic E-state index is 0.686. The molecular weight excluding hydrogens is 222 g/mol. The van der Waals surface area contributed by atoms with Gasteiger partial charge in [-0.3, -0.25) is 0 Å². The average Bonchev–Trinajstić information content (AvgIpc) is 2.38. The first-order chi connectivity index (χ1) is 8.69. The van der Waals surface area contributed by atoms with Crippen molar-refractivity contribution in [1.29, 1.82) is 5.26 Å². The van der Waals surface area contributed by atoms with E-state index in [2.05, 4.69) is 6.07 Å². The molecule has 0 aliphatic carbocycles. The van der Waals surface area contributed by atoms with Crippen molar-refractivity contribution in [1.82, 2.24) is 0 Å². The maximum absolute atomic E-state index is 8.72. The van der Waals surface area contributed by atoms with Gasteiger partial charge in [0.15, 0.2) is 0 Å². The number of nitrogen functional groups attached to an aromatic ring is 2. The summed E-state index contributed by atoms with van der Waals surface area (Å²) in [6, 6.07) is 15.4. The zero-order chi connectivity index (χ0) is 13.0. The van der Waals surface area contributed by atoms with E-state index in [9.17, 15) is 0 Å². The molecule has 0 aliphatic rings. The standard InChI is InChI=1S/C15H15N3/c16-10-12-3-1-11(2-4-12)5-6-13-7-8-14(17)9-15(13)18/h1-4,7-9H,5-6,17-18H2. The van der Waals surface area contributed by atoms with Crippen LogP contribution < -0.4 is 11.5 Å². The first-order valence-electron chi connectivity index (χ1n) is 5.82. The number of benzene rings is 2. The lowest BCUT2D eigenvalue weighted by Gasteiger charge is -2.06. The molecule has 0 aromatic heterocycles. The van der Waals surface area contributed by atoms with Crippen molar-refractivity contribution in [3.63, 3.8) is 0 Å². The van der Waals surface area contributed by atoms with E-state index in [0.29, 0.717) is 11.3 Å². The molecule has 2 aromatic rings. The number of aryl methyl sites for hydroxylation is 2. The van der Waals surface area contributed by atoms with Crippen LogP contribution in [0.3, 0.4) is 0 Å². The molecule has 0 atom stereocenters. The number of nitriles is 1. The number of hydrogen-bond donors (Lipinski definition) is 2. The van der Waals surface area contributed by atoms with E-state index >= 15 is 0 Å². The summed E-state index contributed by atoms with van der Waals surface area (Å²) >= 11 is 0. The van der Waals surface area contributed by atoms with Crippen molar-refractivity contribution in [2.75, 3.05) is 11.5 Å². The molecule has 0 spiro atoms. The van der Waals surface area contributed by atoms with Crippen molar-refractivity contribution < 1.29 is 0 Å². The third kappa shape index (κ3) is 2.80. The van der Waals surface area contributed by atoms with E-state index in [1.807, 2.05) is 36.4 Å². The summed E-state index contributed by atoms with van der Waals surface area (Å²) in [5.41, 5.74) is 16.0. The molecule has 90 valence electrons. The molecule has 0 saturated carbocycles. The molecule has 0 amide bonds. The average molecular weight is 237 g/mol. The fraction of sp³-hybridized carbons (Fsp3) is 0.133. The van der Waals surface area contributed by atoms with E-state index in [-0.39, 0.29) is 0 Å². The van der Waals surface area contributed by atoms with Gasteiger partial charge >= 0.3 is 0 Å². The quantitative estimate of drug-likeness (QED) is 0.805. The first-order valence-corrected chi connectivity index (χ1v) is 5.82. The van der Waals surface area contributed by atoms with Gasteiger partial charge in [0.25, 0.3) is 0 Å². The van der Waals surface area contributed by atoms with Crippen molar-refractivity contribution in [2.24, 2.45) is 0 Å². The minimum atomic E-state index is 0.686. The summed E-state index contributed by atoms with van der Waals surface area (Å²) < 4.78 is 0. The van der Waals surface area contributed by atoms with E-state index < -0.39 is 0 Å². The fourth-order valence-corrected chi connectivity index (χ4v) is 1.87. The Morgan fingerprint density at radius 1 is 0.944 bits per heavy atom. The van der Waals surface area contributed by atoms with Gasteiger partial charge in [0.1, 0.15) is 0 Å². The van der Waals surface area contributed by atoms with Crippen LogP contribution in [0.4, 0.5) is 11.4 Å². The van der Waals surface area contributed by atoms with E-state index in [4.69, 9.17) is 16.7 Å². The lowest BCUT2D eigenvalue weighted by molar-refractivity contribution is 0.963. The third-order valence-electron chi connectivity index (χ3n) is 2.94. The lowest BCUT2D eigenvalue weighted by Crippen LogP contribution is -1.98. The molecule has 0 radical (unpaired) electrons. The van der Waals surface area contributed by atoms with Gasteiger partial charge in [0, 0.05) is 11.4 Å². The van der Waals surface area contributed by atoms with Gasteiger partial charge in [0.05, 0.1) is 11.6 Å². The second kappa shape index (κ2) is 5.24. The van der Waals surface area contributed by atoms with Crippen LogP contribution in [0.25, 0.3) is 0 Å². The Morgan fingerprint density at radius 3 is 2.28 bits per heavy atom. The number of nitrogens with two attached hydrogens (primary N) is 2. The van der Waals surface area contributed by atoms with Crippen molar-refractivity contribution in [3.8, 4) is 6.07 Å². The monoisotopic (exact) mass is 237 g/mol.